The summed E-state index contributed by atoms with van der Waals surface area (Å²) in [6.07, 6.45) is -1.25. The number of aliphatic carboxylic acids is 1. The molecule has 2 saturated carbocycles. The molecule has 0 aromatic heterocycles. The molecule has 0 radical (unpaired) electrons. The Hall–Kier alpha value is -2.62. The maximum atomic E-state index is 15.3. The van der Waals surface area contributed by atoms with Crippen molar-refractivity contribution in [2.75, 3.05) is 13.2 Å². The summed E-state index contributed by atoms with van der Waals surface area (Å²) in [6, 6.07) is 0.410. The van der Waals surface area contributed by atoms with E-state index in [2.05, 4.69) is 20.4 Å². The first kappa shape index (κ1) is 27.4. The van der Waals surface area contributed by atoms with Crippen LogP contribution in [0, 0.1) is 17.2 Å². The molecule has 1 saturated heterocycles. The van der Waals surface area contributed by atoms with Crippen LogP contribution in [-0.4, -0.2) is 58.0 Å². The van der Waals surface area contributed by atoms with Crippen LogP contribution in [0.2, 0.25) is 0 Å². The standard InChI is InChI=1S/C27H33F4NO5/c1-4-25(10-15(2)7-16(3)11-25)14-37-22-9-20(28)19(8-18(22)17-5-6-17)23(33)32-13-26(36,27(29,30)31)12-21(32)24(34)35/h8-9,16-17,21,36H,2,4-7,10-14H2,1,3H3,(H,34,35)/t16?,21-,25?,26?/m0/s1. The number of nitrogens with zero attached hydrogens (tertiary/aromatic N) is 1. The van der Waals surface area contributed by atoms with Gasteiger partial charge in [0.1, 0.15) is 17.6 Å². The van der Waals surface area contributed by atoms with Crippen molar-refractivity contribution >= 4 is 11.9 Å². The Balaban J connectivity index is 1.62. The molecule has 1 aromatic carbocycles. The quantitative estimate of drug-likeness (QED) is 0.364. The second-order valence-electron chi connectivity index (χ2n) is 11.2. The van der Waals surface area contributed by atoms with Gasteiger partial charge in [0.25, 0.3) is 5.91 Å². The Morgan fingerprint density at radius 1 is 1.24 bits per heavy atom. The van der Waals surface area contributed by atoms with E-state index >= 15 is 4.39 Å². The smallest absolute Gasteiger partial charge is 0.419 e. The van der Waals surface area contributed by atoms with Gasteiger partial charge in [-0.25, -0.2) is 9.18 Å². The van der Waals surface area contributed by atoms with Crippen molar-refractivity contribution in [1.82, 2.24) is 4.90 Å². The molecule has 4 rings (SSSR count). The number of β-amino-alcohol motifs (C(OH)–C–C–N with tert-alkyl or cyclic N) is 1. The van der Waals surface area contributed by atoms with Crippen LogP contribution in [0.3, 0.4) is 0 Å². The highest BCUT2D eigenvalue weighted by Gasteiger charge is 2.62. The topological polar surface area (TPSA) is 87.1 Å². The molecule has 2 N–H and O–H groups in total. The monoisotopic (exact) mass is 527 g/mol. The number of hydrogen-bond acceptors (Lipinski definition) is 4. The van der Waals surface area contributed by atoms with Crippen LogP contribution in [0.25, 0.3) is 0 Å². The Kier molecular flexibility index (Phi) is 7.11. The zero-order chi connectivity index (χ0) is 27.3. The molecule has 204 valence electrons. The van der Waals surface area contributed by atoms with Gasteiger partial charge in [-0.3, -0.25) is 4.79 Å². The van der Waals surface area contributed by atoms with Crippen LogP contribution in [0.1, 0.15) is 80.6 Å². The summed E-state index contributed by atoms with van der Waals surface area (Å²) in [4.78, 5) is 25.2. The van der Waals surface area contributed by atoms with Crippen LogP contribution < -0.4 is 4.74 Å². The van der Waals surface area contributed by atoms with Gasteiger partial charge in [-0.1, -0.05) is 26.0 Å². The fourth-order valence-corrected chi connectivity index (χ4v) is 5.95. The Bertz CT molecular complexity index is 1100. The Morgan fingerprint density at radius 2 is 1.92 bits per heavy atom. The lowest BCUT2D eigenvalue weighted by Crippen LogP contribution is -2.48. The lowest BCUT2D eigenvalue weighted by atomic mass is 9.67. The number of carbonyl (C=O) groups is 2. The number of likely N-dealkylation sites (tertiary alicyclic amines) is 1. The third-order valence-corrected chi connectivity index (χ3v) is 8.09. The molecule has 10 heteroatoms. The fraction of sp³-hybridized carbons (Fsp3) is 0.630. The van der Waals surface area contributed by atoms with Gasteiger partial charge in [-0.15, -0.1) is 0 Å². The largest absolute Gasteiger partial charge is 0.493 e. The second kappa shape index (κ2) is 9.60. The van der Waals surface area contributed by atoms with Crippen LogP contribution in [0.4, 0.5) is 17.6 Å². The molecule has 1 aliphatic heterocycles. The van der Waals surface area contributed by atoms with E-state index in [9.17, 15) is 33.0 Å². The minimum atomic E-state index is -5.15. The van der Waals surface area contributed by atoms with Gasteiger partial charge in [0.15, 0.2) is 5.60 Å². The van der Waals surface area contributed by atoms with Crippen molar-refractivity contribution in [3.63, 3.8) is 0 Å². The first-order valence-corrected chi connectivity index (χ1v) is 12.6. The third kappa shape index (κ3) is 5.35. The lowest BCUT2D eigenvalue weighted by Gasteiger charge is -2.40. The van der Waals surface area contributed by atoms with Gasteiger partial charge in [-0.2, -0.15) is 13.2 Å². The number of alkyl halides is 3. The number of rotatable bonds is 7. The molecular weight excluding hydrogens is 494 g/mol. The molecule has 1 heterocycles. The number of carboxylic acid groups (broad SMARTS) is 1. The molecular formula is C27H33F4NO5. The van der Waals surface area contributed by atoms with Crippen molar-refractivity contribution in [2.24, 2.45) is 11.3 Å². The average Bonchev–Trinajstić information content (AvgIpc) is 3.57. The van der Waals surface area contributed by atoms with E-state index in [0.717, 1.165) is 50.2 Å². The summed E-state index contributed by atoms with van der Waals surface area (Å²) in [5, 5.41) is 19.5. The predicted octanol–water partition coefficient (Wildman–Crippen LogP) is 5.45. The zero-order valence-electron chi connectivity index (χ0n) is 21.0. The molecule has 0 bridgehead atoms. The SMILES string of the molecule is C=C1CC(C)CC(CC)(COc2cc(F)c(C(=O)N3CC(O)(C(F)(F)F)C[C@H]3C(=O)O)cc2C2CC2)C1. The molecule has 6 nitrogen and oxygen atoms in total. The number of carboxylic acids is 1. The number of allylic oxidation sites excluding steroid dienone is 1. The van der Waals surface area contributed by atoms with Crippen molar-refractivity contribution in [3.8, 4) is 5.75 Å². The normalized spacial score (nSPS) is 30.5. The van der Waals surface area contributed by atoms with E-state index in [4.69, 9.17) is 4.74 Å². The third-order valence-electron chi connectivity index (χ3n) is 8.09. The number of aliphatic hydroxyl groups is 1. The molecule has 1 aromatic rings. The fourth-order valence-electron chi connectivity index (χ4n) is 5.95. The average molecular weight is 528 g/mol. The predicted molar refractivity (Wildman–Crippen MR) is 127 cm³/mol. The van der Waals surface area contributed by atoms with E-state index in [1.54, 1.807) is 0 Å². The zero-order valence-corrected chi connectivity index (χ0v) is 21.0. The summed E-state index contributed by atoms with van der Waals surface area (Å²) >= 11 is 0. The van der Waals surface area contributed by atoms with E-state index in [1.165, 1.54) is 6.07 Å². The number of ether oxygens (including phenoxy) is 1. The van der Waals surface area contributed by atoms with Crippen molar-refractivity contribution < 1.29 is 42.1 Å². The molecule has 0 spiro atoms. The first-order valence-electron chi connectivity index (χ1n) is 12.6. The van der Waals surface area contributed by atoms with E-state index in [1.807, 2.05) is 0 Å². The van der Waals surface area contributed by atoms with Crippen molar-refractivity contribution in [1.29, 1.82) is 0 Å². The van der Waals surface area contributed by atoms with Gasteiger partial charge in [-0.05, 0) is 62.0 Å². The highest BCUT2D eigenvalue weighted by Crippen LogP contribution is 2.48. The molecule has 3 aliphatic rings. The highest BCUT2D eigenvalue weighted by atomic mass is 19.4. The van der Waals surface area contributed by atoms with E-state index in [-0.39, 0.29) is 17.1 Å². The lowest BCUT2D eigenvalue weighted by molar-refractivity contribution is -0.253. The van der Waals surface area contributed by atoms with E-state index < -0.39 is 54.0 Å². The number of hydrogen-bond donors (Lipinski definition) is 2. The molecule has 37 heavy (non-hydrogen) atoms. The maximum Gasteiger partial charge on any atom is 0.419 e. The summed E-state index contributed by atoms with van der Waals surface area (Å²) in [7, 11) is 0. The highest BCUT2D eigenvalue weighted by molar-refractivity contribution is 5.98. The van der Waals surface area contributed by atoms with Crippen LogP contribution in [0.15, 0.2) is 24.3 Å². The van der Waals surface area contributed by atoms with Crippen molar-refractivity contribution in [3.05, 3.63) is 41.2 Å². The van der Waals surface area contributed by atoms with Gasteiger partial charge >= 0.3 is 12.1 Å². The van der Waals surface area contributed by atoms with Crippen LogP contribution in [-0.2, 0) is 4.79 Å². The molecule has 4 atom stereocenters. The van der Waals surface area contributed by atoms with Gasteiger partial charge in [0, 0.05) is 17.9 Å². The van der Waals surface area contributed by atoms with Crippen LogP contribution >= 0.6 is 0 Å². The summed E-state index contributed by atoms with van der Waals surface area (Å²) in [5.74, 6) is -3.17. The van der Waals surface area contributed by atoms with Gasteiger partial charge in [0.05, 0.1) is 18.7 Å². The Labute approximate surface area is 213 Å². The minimum absolute atomic E-state index is 0.0147. The van der Waals surface area contributed by atoms with Crippen molar-refractivity contribution in [2.45, 2.75) is 82.5 Å². The maximum absolute atomic E-state index is 15.3. The summed E-state index contributed by atoms with van der Waals surface area (Å²) in [5.41, 5.74) is -2.34. The number of benzene rings is 1. The summed E-state index contributed by atoms with van der Waals surface area (Å²) < 4.78 is 61.6. The van der Waals surface area contributed by atoms with Crippen LogP contribution in [0.5, 0.6) is 5.75 Å². The number of carbonyl (C=O) groups excluding carboxylic acids is 1. The number of amides is 1. The van der Waals surface area contributed by atoms with E-state index in [0.29, 0.717) is 23.0 Å². The first-order chi connectivity index (χ1) is 17.2. The number of halogens is 4. The molecule has 1 amide bonds. The summed E-state index contributed by atoms with van der Waals surface area (Å²) in [6.45, 7) is 7.45. The molecule has 3 unspecified atom stereocenters. The molecule has 3 fully saturated rings. The second-order valence-corrected chi connectivity index (χ2v) is 11.2. The minimum Gasteiger partial charge on any atom is -0.493 e. The Morgan fingerprint density at radius 3 is 2.46 bits per heavy atom. The van der Waals surface area contributed by atoms with Gasteiger partial charge in [0.2, 0.25) is 0 Å². The van der Waals surface area contributed by atoms with Gasteiger partial charge < -0.3 is 19.8 Å². The molecule has 2 aliphatic carbocycles.